The summed E-state index contributed by atoms with van der Waals surface area (Å²) in [5.41, 5.74) is 5.90. The van der Waals surface area contributed by atoms with Crippen molar-refractivity contribution in [2.75, 3.05) is 13.7 Å². The van der Waals surface area contributed by atoms with Crippen molar-refractivity contribution in [3.63, 3.8) is 0 Å². The van der Waals surface area contributed by atoms with Crippen LogP contribution in [0.5, 0.6) is 11.5 Å². The first kappa shape index (κ1) is 21.4. The monoisotopic (exact) mass is 448 g/mol. The molecule has 172 valence electrons. The number of esters is 1. The fourth-order valence-electron chi connectivity index (χ4n) is 5.12. The topological polar surface area (TPSA) is 87.8 Å². The number of methoxy groups -OCH3 is 1. The van der Waals surface area contributed by atoms with Crippen LogP contribution in [0.1, 0.15) is 55.7 Å². The van der Waals surface area contributed by atoms with Gasteiger partial charge in [0.05, 0.1) is 31.0 Å². The van der Waals surface area contributed by atoms with E-state index in [1.54, 1.807) is 11.8 Å². The van der Waals surface area contributed by atoms with E-state index in [1.165, 1.54) is 6.92 Å². The highest BCUT2D eigenvalue weighted by molar-refractivity contribution is 6.16. The van der Waals surface area contributed by atoms with E-state index in [4.69, 9.17) is 19.2 Å². The van der Waals surface area contributed by atoms with Crippen LogP contribution >= 0.6 is 0 Å². The smallest absolute Gasteiger partial charge is 0.302 e. The number of hydrogen-bond acceptors (Lipinski definition) is 7. The van der Waals surface area contributed by atoms with Crippen LogP contribution in [-0.2, 0) is 16.6 Å². The van der Waals surface area contributed by atoms with Crippen LogP contribution in [0.4, 0.5) is 0 Å². The second-order valence-corrected chi connectivity index (χ2v) is 8.64. The number of carbonyl (C=O) groups is 1. The van der Waals surface area contributed by atoms with Gasteiger partial charge in [0.15, 0.2) is 11.5 Å². The average molecular weight is 449 g/mol. The summed E-state index contributed by atoms with van der Waals surface area (Å²) >= 11 is 0. The molecule has 2 aromatic carbocycles. The molecule has 2 aliphatic rings. The van der Waals surface area contributed by atoms with E-state index < -0.39 is 0 Å². The minimum Gasteiger partial charge on any atom is -0.493 e. The lowest BCUT2D eigenvalue weighted by atomic mass is 9.74. The number of benzene rings is 2. The van der Waals surface area contributed by atoms with Crippen molar-refractivity contribution in [3.05, 3.63) is 47.0 Å². The van der Waals surface area contributed by atoms with E-state index >= 15 is 0 Å². The Bertz CT molecular complexity index is 1250. The van der Waals surface area contributed by atoms with Crippen molar-refractivity contribution in [2.24, 2.45) is 12.0 Å². The summed E-state index contributed by atoms with van der Waals surface area (Å²) in [6.45, 7) is 3.98. The molecule has 2 heterocycles. The number of hydrogen-bond donors (Lipinski definition) is 0. The quantitative estimate of drug-likeness (QED) is 0.552. The predicted molar refractivity (Wildman–Crippen MR) is 124 cm³/mol. The van der Waals surface area contributed by atoms with Gasteiger partial charge in [-0.1, -0.05) is 11.3 Å². The number of rotatable bonds is 5. The molecule has 8 nitrogen and oxygen atoms in total. The van der Waals surface area contributed by atoms with Gasteiger partial charge in [-0.15, -0.1) is 5.10 Å². The molecule has 0 amide bonds. The zero-order valence-electron chi connectivity index (χ0n) is 19.4. The van der Waals surface area contributed by atoms with Gasteiger partial charge in [0.1, 0.15) is 11.6 Å². The van der Waals surface area contributed by atoms with Crippen molar-refractivity contribution in [3.8, 4) is 11.5 Å². The minimum absolute atomic E-state index is 0.0954. The van der Waals surface area contributed by atoms with Gasteiger partial charge in [0.2, 0.25) is 0 Å². The zero-order chi connectivity index (χ0) is 23.1. The molecule has 0 radical (unpaired) electrons. The van der Waals surface area contributed by atoms with Crippen LogP contribution < -0.4 is 9.47 Å². The van der Waals surface area contributed by atoms with E-state index in [2.05, 4.69) is 22.4 Å². The van der Waals surface area contributed by atoms with Crippen molar-refractivity contribution in [2.45, 2.75) is 51.2 Å². The van der Waals surface area contributed by atoms with E-state index in [1.807, 2.05) is 32.2 Å². The van der Waals surface area contributed by atoms with Gasteiger partial charge < -0.3 is 14.2 Å². The molecular formula is C25H28N4O4. The maximum Gasteiger partial charge on any atom is 0.302 e. The van der Waals surface area contributed by atoms with Crippen LogP contribution in [0.15, 0.2) is 35.3 Å². The third-order valence-corrected chi connectivity index (χ3v) is 6.57. The Labute approximate surface area is 192 Å². The van der Waals surface area contributed by atoms with Crippen LogP contribution in [0.3, 0.4) is 0 Å². The summed E-state index contributed by atoms with van der Waals surface area (Å²) in [5.74, 6) is 1.31. The Hall–Kier alpha value is -3.42. The minimum atomic E-state index is -0.235. The summed E-state index contributed by atoms with van der Waals surface area (Å²) in [7, 11) is 3.53. The zero-order valence-corrected chi connectivity index (χ0v) is 19.4. The summed E-state index contributed by atoms with van der Waals surface area (Å²) in [4.78, 5) is 16.8. The number of ether oxygens (including phenoxy) is 3. The van der Waals surface area contributed by atoms with Crippen LogP contribution in [-0.4, -0.2) is 52.5 Å². The lowest BCUT2D eigenvalue weighted by Crippen LogP contribution is -2.36. The molecule has 0 saturated heterocycles. The van der Waals surface area contributed by atoms with Crippen molar-refractivity contribution in [1.82, 2.24) is 15.0 Å². The third kappa shape index (κ3) is 3.83. The molecule has 33 heavy (non-hydrogen) atoms. The number of aryl methyl sites for hydroxylation is 1. The molecule has 8 heteroatoms. The van der Waals surface area contributed by atoms with Gasteiger partial charge in [-0.3, -0.25) is 9.79 Å². The second kappa shape index (κ2) is 8.50. The normalized spacial score (nSPS) is 21.7. The summed E-state index contributed by atoms with van der Waals surface area (Å²) in [6, 6.07) is 10.4. The molecule has 3 aromatic rings. The first-order chi connectivity index (χ1) is 16.0. The molecule has 1 saturated carbocycles. The summed E-state index contributed by atoms with van der Waals surface area (Å²) < 4.78 is 18.9. The number of fused-ring (bicyclic) bond motifs is 4. The molecule has 1 aromatic heterocycles. The standard InChI is InChI=1S/C25H28N4O4/c1-5-32-24-12-17-18-11-16(33-14(2)30)7-8-20(18)26-25(19(17)13-23(24)31-4)15-6-9-22-21(10-15)27-28-29(22)3/h6,9-10,12-13,16,18,20H,5,7-8,11H2,1-4H3. The Morgan fingerprint density at radius 2 is 2.03 bits per heavy atom. The number of aromatic nitrogens is 3. The van der Waals surface area contributed by atoms with E-state index in [9.17, 15) is 4.79 Å². The first-order valence-electron chi connectivity index (χ1n) is 11.4. The van der Waals surface area contributed by atoms with Crippen molar-refractivity contribution in [1.29, 1.82) is 0 Å². The molecule has 3 unspecified atom stereocenters. The maximum absolute atomic E-state index is 11.6. The number of aliphatic imine (C=N–C) groups is 1. The second-order valence-electron chi connectivity index (χ2n) is 8.64. The first-order valence-corrected chi connectivity index (χ1v) is 11.4. The molecule has 5 rings (SSSR count). The highest BCUT2D eigenvalue weighted by Crippen LogP contribution is 2.45. The fourth-order valence-corrected chi connectivity index (χ4v) is 5.12. The van der Waals surface area contributed by atoms with Gasteiger partial charge in [-0.2, -0.15) is 0 Å². The van der Waals surface area contributed by atoms with Crippen molar-refractivity contribution < 1.29 is 19.0 Å². The number of carbonyl (C=O) groups excluding carboxylic acids is 1. The lowest BCUT2D eigenvalue weighted by molar-refractivity contribution is -0.148. The molecule has 1 aliphatic heterocycles. The van der Waals surface area contributed by atoms with Gasteiger partial charge >= 0.3 is 5.97 Å². The Kier molecular flexibility index (Phi) is 5.52. The average Bonchev–Trinajstić information content (AvgIpc) is 3.18. The van der Waals surface area contributed by atoms with Crippen molar-refractivity contribution >= 4 is 22.7 Å². The van der Waals surface area contributed by atoms with E-state index in [0.29, 0.717) is 12.4 Å². The molecule has 3 atom stereocenters. The lowest BCUT2D eigenvalue weighted by Gasteiger charge is -2.38. The molecule has 0 spiro atoms. The largest absolute Gasteiger partial charge is 0.493 e. The molecule has 1 fully saturated rings. The summed E-state index contributed by atoms with van der Waals surface area (Å²) in [6.07, 6.45) is 2.32. The predicted octanol–water partition coefficient (Wildman–Crippen LogP) is 3.79. The van der Waals surface area contributed by atoms with Gasteiger partial charge in [0.25, 0.3) is 0 Å². The van der Waals surface area contributed by atoms with Crippen LogP contribution in [0.25, 0.3) is 11.0 Å². The highest BCUT2D eigenvalue weighted by atomic mass is 16.5. The molecule has 0 N–H and O–H groups in total. The van der Waals surface area contributed by atoms with Gasteiger partial charge in [-0.25, -0.2) is 4.68 Å². The Morgan fingerprint density at radius 3 is 2.79 bits per heavy atom. The SMILES string of the molecule is CCOc1cc2c(cc1OC)C(c1ccc3c(c1)nnn3C)=NC1CCC(OC(C)=O)CC21. The summed E-state index contributed by atoms with van der Waals surface area (Å²) in [5, 5.41) is 8.42. The van der Waals surface area contributed by atoms with Crippen LogP contribution in [0, 0.1) is 0 Å². The highest BCUT2D eigenvalue weighted by Gasteiger charge is 2.38. The van der Waals surface area contributed by atoms with Crippen LogP contribution in [0.2, 0.25) is 0 Å². The Balaban J connectivity index is 1.64. The third-order valence-electron chi connectivity index (χ3n) is 6.57. The number of nitrogens with zero attached hydrogens (tertiary/aromatic N) is 4. The van der Waals surface area contributed by atoms with E-state index in [0.717, 1.165) is 58.4 Å². The molecule has 0 bridgehead atoms. The molecular weight excluding hydrogens is 420 g/mol. The fraction of sp³-hybridized carbons (Fsp3) is 0.440. The Morgan fingerprint density at radius 1 is 1.18 bits per heavy atom. The van der Waals surface area contributed by atoms with E-state index in [-0.39, 0.29) is 24.0 Å². The van der Waals surface area contributed by atoms with Gasteiger partial charge in [-0.05, 0) is 56.0 Å². The van der Waals surface area contributed by atoms with Gasteiger partial charge in [0, 0.05) is 31.0 Å². The maximum atomic E-state index is 11.6. The molecule has 1 aliphatic carbocycles.